The lowest BCUT2D eigenvalue weighted by Gasteiger charge is -2.16. The zero-order chi connectivity index (χ0) is 24.7. The molecule has 0 saturated heterocycles. The number of esters is 1. The Morgan fingerprint density at radius 1 is 0.909 bits per heavy atom. The molecule has 1 amide bonds. The summed E-state index contributed by atoms with van der Waals surface area (Å²) in [6.07, 6.45) is 17.0. The van der Waals surface area contributed by atoms with Crippen molar-refractivity contribution in [3.8, 4) is 0 Å². The van der Waals surface area contributed by atoms with Gasteiger partial charge in [0, 0.05) is 17.9 Å². The summed E-state index contributed by atoms with van der Waals surface area (Å²) in [5.74, 6) is -0.0648. The molecule has 0 aliphatic rings. The molecular formula is C25H48N2O5S. The third kappa shape index (κ3) is 20.0. The van der Waals surface area contributed by atoms with Gasteiger partial charge in [0.15, 0.2) is 5.78 Å². The first kappa shape index (κ1) is 31.9. The number of carbonyl (C=O) groups is 3. The second-order valence-electron chi connectivity index (χ2n) is 8.75. The van der Waals surface area contributed by atoms with E-state index in [1.54, 1.807) is 0 Å². The number of rotatable bonds is 23. The minimum atomic E-state index is -0.917. The Bertz CT molecular complexity index is 519. The summed E-state index contributed by atoms with van der Waals surface area (Å²) in [4.78, 5) is 34.9. The van der Waals surface area contributed by atoms with E-state index in [9.17, 15) is 14.4 Å². The molecule has 0 heterocycles. The quantitative estimate of drug-likeness (QED) is 0.146. The maximum atomic E-state index is 11.9. The van der Waals surface area contributed by atoms with Crippen molar-refractivity contribution in [1.29, 1.82) is 0 Å². The van der Waals surface area contributed by atoms with Gasteiger partial charge in [0.05, 0.1) is 12.6 Å². The first-order valence-corrected chi connectivity index (χ1v) is 14.0. The Morgan fingerprint density at radius 2 is 1.42 bits per heavy atom. The lowest BCUT2D eigenvalue weighted by molar-refractivity contribution is -0.143. The van der Waals surface area contributed by atoms with Crippen LogP contribution in [0.3, 0.4) is 0 Å². The summed E-state index contributed by atoms with van der Waals surface area (Å²) < 4.78 is 5.23. The number of amides is 1. The van der Waals surface area contributed by atoms with Gasteiger partial charge in [-0.2, -0.15) is 11.8 Å². The van der Waals surface area contributed by atoms with Gasteiger partial charge in [-0.3, -0.25) is 14.4 Å². The zero-order valence-corrected chi connectivity index (χ0v) is 21.8. The Kier molecular flexibility index (Phi) is 21.9. The van der Waals surface area contributed by atoms with Crippen LogP contribution in [0.1, 0.15) is 104 Å². The third-order valence-electron chi connectivity index (χ3n) is 5.60. The van der Waals surface area contributed by atoms with Crippen molar-refractivity contribution >= 4 is 29.4 Å². The van der Waals surface area contributed by atoms with Crippen molar-refractivity contribution in [2.24, 2.45) is 5.73 Å². The van der Waals surface area contributed by atoms with Crippen LogP contribution in [0.2, 0.25) is 0 Å². The average molecular weight is 489 g/mol. The standard InChI is InChI=1S/C25H48N2O5S/c1-3-4-5-6-7-8-9-10-11-12-13-14-15-16-24(30)32-17-18-33-20-22(26)25(31)27-23(19-28)21(2)29/h22-23,28H,3-20,26H2,1-2H3,(H,27,31)/t22-,23-/m0/s1. The van der Waals surface area contributed by atoms with E-state index in [0.29, 0.717) is 24.5 Å². The van der Waals surface area contributed by atoms with Crippen LogP contribution in [-0.4, -0.2) is 59.6 Å². The summed E-state index contributed by atoms with van der Waals surface area (Å²) in [6, 6.07) is -1.70. The molecule has 8 heteroatoms. The van der Waals surface area contributed by atoms with Crippen LogP contribution in [0.4, 0.5) is 0 Å². The number of hydrogen-bond acceptors (Lipinski definition) is 7. The van der Waals surface area contributed by atoms with Crippen LogP contribution in [0.15, 0.2) is 0 Å². The molecule has 0 fully saturated rings. The van der Waals surface area contributed by atoms with Crippen molar-refractivity contribution in [3.05, 3.63) is 0 Å². The van der Waals surface area contributed by atoms with Crippen molar-refractivity contribution in [2.75, 3.05) is 24.7 Å². The number of hydrogen-bond donors (Lipinski definition) is 3. The molecule has 0 radical (unpaired) electrons. The number of thioether (sulfide) groups is 1. The number of Topliss-reactive ketones (excluding diaryl/α,β-unsaturated/α-hetero) is 1. The maximum absolute atomic E-state index is 11.9. The fourth-order valence-electron chi connectivity index (χ4n) is 3.41. The van der Waals surface area contributed by atoms with Crippen LogP contribution in [0.5, 0.6) is 0 Å². The molecule has 0 spiro atoms. The summed E-state index contributed by atoms with van der Waals surface area (Å²) in [7, 11) is 0. The van der Waals surface area contributed by atoms with E-state index in [0.717, 1.165) is 12.8 Å². The summed E-state index contributed by atoms with van der Waals surface area (Å²) >= 11 is 1.41. The van der Waals surface area contributed by atoms with Crippen LogP contribution >= 0.6 is 11.8 Å². The molecule has 4 N–H and O–H groups in total. The predicted octanol–water partition coefficient (Wildman–Crippen LogP) is 4.14. The Balaban J connectivity index is 3.49. The molecular weight excluding hydrogens is 440 g/mol. The molecule has 0 aromatic carbocycles. The van der Waals surface area contributed by atoms with Crippen LogP contribution < -0.4 is 11.1 Å². The molecule has 0 bridgehead atoms. The van der Waals surface area contributed by atoms with Crippen molar-refractivity contribution < 1.29 is 24.2 Å². The topological polar surface area (TPSA) is 119 Å². The van der Waals surface area contributed by atoms with Gasteiger partial charge in [0.1, 0.15) is 12.6 Å². The fourth-order valence-corrected chi connectivity index (χ4v) is 4.19. The molecule has 0 aromatic rings. The highest BCUT2D eigenvalue weighted by Gasteiger charge is 2.20. The molecule has 7 nitrogen and oxygen atoms in total. The first-order chi connectivity index (χ1) is 15.9. The highest BCUT2D eigenvalue weighted by molar-refractivity contribution is 7.99. The van der Waals surface area contributed by atoms with E-state index in [-0.39, 0.29) is 11.8 Å². The largest absolute Gasteiger partial charge is 0.465 e. The molecule has 2 atom stereocenters. The predicted molar refractivity (Wildman–Crippen MR) is 136 cm³/mol. The lowest BCUT2D eigenvalue weighted by atomic mass is 10.0. The highest BCUT2D eigenvalue weighted by atomic mass is 32.2. The van der Waals surface area contributed by atoms with Gasteiger partial charge < -0.3 is 20.9 Å². The second kappa shape index (κ2) is 22.7. The molecule has 0 aromatic heterocycles. The molecule has 194 valence electrons. The average Bonchev–Trinajstić information content (AvgIpc) is 2.79. The molecule has 0 saturated carbocycles. The number of nitrogens with two attached hydrogens (primary N) is 1. The van der Waals surface area contributed by atoms with Crippen molar-refractivity contribution in [1.82, 2.24) is 5.32 Å². The van der Waals surface area contributed by atoms with Crippen molar-refractivity contribution in [2.45, 2.75) is 116 Å². The number of ketones is 1. The van der Waals surface area contributed by atoms with Crippen LogP contribution in [0, 0.1) is 0 Å². The number of carbonyl (C=O) groups excluding carboxylic acids is 3. The Morgan fingerprint density at radius 3 is 1.91 bits per heavy atom. The van der Waals surface area contributed by atoms with Gasteiger partial charge in [0.2, 0.25) is 5.91 Å². The first-order valence-electron chi connectivity index (χ1n) is 12.8. The summed E-state index contributed by atoms with van der Waals surface area (Å²) in [5.41, 5.74) is 5.79. The Hall–Kier alpha value is -1.12. The highest BCUT2D eigenvalue weighted by Crippen LogP contribution is 2.13. The van der Waals surface area contributed by atoms with E-state index in [2.05, 4.69) is 12.2 Å². The van der Waals surface area contributed by atoms with E-state index in [1.807, 2.05) is 0 Å². The van der Waals surface area contributed by atoms with Gasteiger partial charge >= 0.3 is 5.97 Å². The minimum absolute atomic E-state index is 0.173. The molecule has 0 unspecified atom stereocenters. The molecule has 0 aliphatic heterocycles. The summed E-state index contributed by atoms with van der Waals surface area (Å²) in [5, 5.41) is 11.5. The number of unbranched alkanes of at least 4 members (excludes halogenated alkanes) is 12. The van der Waals surface area contributed by atoms with Crippen LogP contribution in [-0.2, 0) is 19.1 Å². The smallest absolute Gasteiger partial charge is 0.305 e. The minimum Gasteiger partial charge on any atom is -0.465 e. The second-order valence-corrected chi connectivity index (χ2v) is 9.90. The van der Waals surface area contributed by atoms with Gasteiger partial charge in [-0.05, 0) is 13.3 Å². The van der Waals surface area contributed by atoms with Gasteiger partial charge in [-0.1, -0.05) is 84.0 Å². The monoisotopic (exact) mass is 488 g/mol. The zero-order valence-electron chi connectivity index (χ0n) is 20.9. The fraction of sp³-hybridized carbons (Fsp3) is 0.880. The van der Waals surface area contributed by atoms with Crippen LogP contribution in [0.25, 0.3) is 0 Å². The van der Waals surface area contributed by atoms with Gasteiger partial charge in [0.25, 0.3) is 0 Å². The third-order valence-corrected chi connectivity index (χ3v) is 6.65. The molecule has 0 aliphatic carbocycles. The number of ether oxygens (including phenoxy) is 1. The normalized spacial score (nSPS) is 12.8. The van der Waals surface area contributed by atoms with Crippen molar-refractivity contribution in [3.63, 3.8) is 0 Å². The van der Waals surface area contributed by atoms with Gasteiger partial charge in [-0.15, -0.1) is 0 Å². The molecule has 0 rings (SSSR count). The SMILES string of the molecule is CCCCCCCCCCCCCCCC(=O)OCCSC[C@H](N)C(=O)N[C@@H](CO)C(C)=O. The van der Waals surface area contributed by atoms with E-state index in [1.165, 1.54) is 89.3 Å². The van der Waals surface area contributed by atoms with E-state index in [4.69, 9.17) is 15.6 Å². The van der Waals surface area contributed by atoms with Gasteiger partial charge in [-0.25, -0.2) is 0 Å². The number of aliphatic hydroxyl groups is 1. The number of nitrogens with one attached hydrogen (secondary N) is 1. The maximum Gasteiger partial charge on any atom is 0.305 e. The molecule has 33 heavy (non-hydrogen) atoms. The lowest BCUT2D eigenvalue weighted by Crippen LogP contribution is -2.50. The summed E-state index contributed by atoms with van der Waals surface area (Å²) in [6.45, 7) is 3.40. The van der Waals surface area contributed by atoms with E-state index >= 15 is 0 Å². The number of aliphatic hydroxyl groups excluding tert-OH is 1. The van der Waals surface area contributed by atoms with E-state index < -0.39 is 24.6 Å². The Labute approximate surface area is 205 Å².